The highest BCUT2D eigenvalue weighted by Crippen LogP contribution is 2.35. The number of cyclic esters (lactones) is 1. The lowest BCUT2D eigenvalue weighted by molar-refractivity contribution is -0.126. The van der Waals surface area contributed by atoms with Gasteiger partial charge in [0.25, 0.3) is 5.91 Å². The smallest absolute Gasteiger partial charge is 0.411 e. The molecule has 1 saturated carbocycles. The van der Waals surface area contributed by atoms with Crippen molar-refractivity contribution >= 4 is 34.9 Å². The van der Waals surface area contributed by atoms with Crippen molar-refractivity contribution in [1.29, 1.82) is 0 Å². The first-order valence-corrected chi connectivity index (χ1v) is 11.8. The summed E-state index contributed by atoms with van der Waals surface area (Å²) in [6, 6.07) is 15.5. The van der Waals surface area contributed by atoms with Crippen molar-refractivity contribution in [2.45, 2.75) is 37.6 Å². The molecule has 0 spiro atoms. The third-order valence-electron chi connectivity index (χ3n) is 5.76. The zero-order chi connectivity index (χ0) is 23.7. The van der Waals surface area contributed by atoms with Gasteiger partial charge in [-0.15, -0.1) is 11.3 Å². The van der Waals surface area contributed by atoms with Crippen LogP contribution in [-0.4, -0.2) is 34.9 Å². The number of amides is 3. The lowest BCUT2D eigenvalue weighted by atomic mass is 10.00. The van der Waals surface area contributed by atoms with Gasteiger partial charge in [-0.3, -0.25) is 14.5 Å². The molecule has 1 saturated heterocycles. The van der Waals surface area contributed by atoms with Crippen LogP contribution in [0.5, 0.6) is 0 Å². The minimum Gasteiger partial charge on any atom is -0.438 e. The van der Waals surface area contributed by atoms with Gasteiger partial charge in [0, 0.05) is 11.7 Å². The summed E-state index contributed by atoms with van der Waals surface area (Å²) in [4.78, 5) is 40.4. The summed E-state index contributed by atoms with van der Waals surface area (Å²) < 4.78 is 19.0. The van der Waals surface area contributed by atoms with Gasteiger partial charge in [-0.25, -0.2) is 9.18 Å². The average Bonchev–Trinajstić information content (AvgIpc) is 3.34. The van der Waals surface area contributed by atoms with E-state index in [1.165, 1.54) is 28.4 Å². The van der Waals surface area contributed by atoms with Crippen LogP contribution in [0, 0.1) is 5.82 Å². The van der Waals surface area contributed by atoms with E-state index in [-0.39, 0.29) is 30.2 Å². The molecule has 2 heterocycles. The van der Waals surface area contributed by atoms with Crippen LogP contribution in [0.2, 0.25) is 0 Å². The first-order valence-electron chi connectivity index (χ1n) is 10.9. The zero-order valence-corrected chi connectivity index (χ0v) is 18.9. The van der Waals surface area contributed by atoms with Crippen molar-refractivity contribution < 1.29 is 23.5 Å². The summed E-state index contributed by atoms with van der Waals surface area (Å²) in [6.45, 7) is 0.104. The van der Waals surface area contributed by atoms with Gasteiger partial charge < -0.3 is 15.4 Å². The zero-order valence-electron chi connectivity index (χ0n) is 18.1. The van der Waals surface area contributed by atoms with E-state index in [1.54, 1.807) is 48.5 Å². The van der Waals surface area contributed by atoms with Gasteiger partial charge in [-0.2, -0.15) is 0 Å². The maximum atomic E-state index is 13.3. The third kappa shape index (κ3) is 4.79. The molecular formula is C25H22FN3O4S. The number of anilines is 1. The highest BCUT2D eigenvalue weighted by Gasteiger charge is 2.48. The highest BCUT2D eigenvalue weighted by atomic mass is 32.1. The number of rotatable bonds is 7. The van der Waals surface area contributed by atoms with Crippen molar-refractivity contribution in [2.24, 2.45) is 0 Å². The Hall–Kier alpha value is -3.72. The van der Waals surface area contributed by atoms with E-state index in [0.29, 0.717) is 21.7 Å². The maximum Gasteiger partial charge on any atom is 0.411 e. The Morgan fingerprint density at radius 3 is 2.59 bits per heavy atom. The lowest BCUT2D eigenvalue weighted by Crippen LogP contribution is -2.46. The molecule has 2 N–H and O–H groups in total. The normalized spacial score (nSPS) is 19.6. The Balaban J connectivity index is 1.41. The summed E-state index contributed by atoms with van der Waals surface area (Å²) in [5, 5.41) is 7.63. The second kappa shape index (κ2) is 9.26. The van der Waals surface area contributed by atoms with Crippen LogP contribution in [0.3, 0.4) is 0 Å². The fourth-order valence-electron chi connectivity index (χ4n) is 3.90. The molecule has 0 bridgehead atoms. The molecule has 9 heteroatoms. The number of hydrogen-bond acceptors (Lipinski definition) is 5. The molecular weight excluding hydrogens is 457 g/mol. The van der Waals surface area contributed by atoms with Gasteiger partial charge in [0.15, 0.2) is 12.1 Å². The highest BCUT2D eigenvalue weighted by molar-refractivity contribution is 7.12. The predicted molar refractivity (Wildman–Crippen MR) is 125 cm³/mol. The second-order valence-electron chi connectivity index (χ2n) is 8.34. The molecule has 1 aromatic heterocycles. The number of nitrogens with one attached hydrogen (secondary N) is 2. The fourth-order valence-corrected chi connectivity index (χ4v) is 4.52. The van der Waals surface area contributed by atoms with Crippen molar-refractivity contribution in [3.8, 4) is 0 Å². The quantitative estimate of drug-likeness (QED) is 0.523. The number of carbonyl (C=O) groups excluding carboxylic acids is 3. The number of thiophene rings is 1. The Bertz CT molecular complexity index is 1210. The monoisotopic (exact) mass is 479 g/mol. The molecule has 3 aromatic rings. The minimum absolute atomic E-state index is 0.104. The Morgan fingerprint density at radius 1 is 1.09 bits per heavy atom. The second-order valence-corrected chi connectivity index (χ2v) is 9.29. The number of halogens is 1. The molecule has 34 heavy (non-hydrogen) atoms. The molecule has 5 rings (SSSR count). The summed E-state index contributed by atoms with van der Waals surface area (Å²) >= 11 is 1.33. The predicted octanol–water partition coefficient (Wildman–Crippen LogP) is 4.48. The number of benzene rings is 2. The van der Waals surface area contributed by atoms with Gasteiger partial charge >= 0.3 is 6.09 Å². The van der Waals surface area contributed by atoms with E-state index >= 15 is 0 Å². The molecule has 174 valence electrons. The van der Waals surface area contributed by atoms with Crippen LogP contribution in [-0.2, 0) is 16.1 Å². The van der Waals surface area contributed by atoms with Gasteiger partial charge in [0.05, 0.1) is 11.4 Å². The standard InChI is InChI=1S/C25H22FN3O4S/c26-17-8-6-15(7-9-17)14-29-21(24(31)27-18-10-11-18)22(33-25(29)32)16-3-1-4-19(13-16)28-23(30)20-5-2-12-34-20/h1-9,12-13,18,21-22H,10-11,14H2,(H,27,31)(H,28,30). The van der Waals surface area contributed by atoms with E-state index in [1.807, 2.05) is 5.38 Å². The number of carbonyl (C=O) groups is 3. The van der Waals surface area contributed by atoms with Crippen LogP contribution >= 0.6 is 11.3 Å². The van der Waals surface area contributed by atoms with Crippen molar-refractivity contribution in [2.75, 3.05) is 5.32 Å². The lowest BCUT2D eigenvalue weighted by Gasteiger charge is -2.24. The Kier molecular flexibility index (Phi) is 6.02. The molecule has 1 aliphatic carbocycles. The van der Waals surface area contributed by atoms with E-state index in [0.717, 1.165) is 12.8 Å². The topological polar surface area (TPSA) is 87.7 Å². The number of ether oxygens (including phenoxy) is 1. The van der Waals surface area contributed by atoms with Gasteiger partial charge in [-0.1, -0.05) is 30.3 Å². The van der Waals surface area contributed by atoms with Crippen LogP contribution in [0.4, 0.5) is 14.9 Å². The largest absolute Gasteiger partial charge is 0.438 e. The average molecular weight is 480 g/mol. The summed E-state index contributed by atoms with van der Waals surface area (Å²) in [7, 11) is 0. The molecule has 1 aliphatic heterocycles. The number of nitrogens with zero attached hydrogens (tertiary/aromatic N) is 1. The first kappa shape index (κ1) is 22.1. The minimum atomic E-state index is -0.901. The van der Waals surface area contributed by atoms with Gasteiger partial charge in [-0.05, 0) is 59.7 Å². The van der Waals surface area contributed by atoms with Crippen LogP contribution in [0.15, 0.2) is 66.0 Å². The van der Waals surface area contributed by atoms with Crippen molar-refractivity contribution in [3.63, 3.8) is 0 Å². The maximum absolute atomic E-state index is 13.3. The molecule has 2 aliphatic rings. The van der Waals surface area contributed by atoms with E-state index in [2.05, 4.69) is 10.6 Å². The fraction of sp³-hybridized carbons (Fsp3) is 0.240. The molecule has 2 aromatic carbocycles. The van der Waals surface area contributed by atoms with E-state index in [9.17, 15) is 18.8 Å². The SMILES string of the molecule is O=C(Nc1cccc(C2OC(=O)N(Cc3ccc(F)cc3)C2C(=O)NC2CC2)c1)c1cccs1. The first-order chi connectivity index (χ1) is 16.5. The summed E-state index contributed by atoms with van der Waals surface area (Å²) in [5.74, 6) is -0.917. The molecule has 2 unspecified atom stereocenters. The molecule has 0 radical (unpaired) electrons. The third-order valence-corrected chi connectivity index (χ3v) is 6.63. The van der Waals surface area contributed by atoms with Crippen LogP contribution in [0.1, 0.15) is 39.7 Å². The van der Waals surface area contributed by atoms with Gasteiger partial charge in [0.2, 0.25) is 5.91 Å². The van der Waals surface area contributed by atoms with Crippen molar-refractivity contribution in [1.82, 2.24) is 10.2 Å². The van der Waals surface area contributed by atoms with Crippen LogP contribution in [0.25, 0.3) is 0 Å². The Labute approximate surface area is 199 Å². The summed E-state index contributed by atoms with van der Waals surface area (Å²) in [6.07, 6.45) is 0.323. The molecule has 7 nitrogen and oxygen atoms in total. The molecule has 3 amide bonds. The van der Waals surface area contributed by atoms with E-state index in [4.69, 9.17) is 4.74 Å². The molecule has 2 fully saturated rings. The molecule has 2 atom stereocenters. The Morgan fingerprint density at radius 2 is 1.88 bits per heavy atom. The summed E-state index contributed by atoms with van der Waals surface area (Å²) in [5.41, 5.74) is 1.81. The van der Waals surface area contributed by atoms with E-state index < -0.39 is 18.2 Å². The van der Waals surface area contributed by atoms with Crippen LogP contribution < -0.4 is 10.6 Å². The van der Waals surface area contributed by atoms with Gasteiger partial charge in [0.1, 0.15) is 5.82 Å². The number of hydrogen-bond donors (Lipinski definition) is 2. The van der Waals surface area contributed by atoms with Crippen molar-refractivity contribution in [3.05, 3.63) is 87.9 Å².